The van der Waals surface area contributed by atoms with Crippen molar-refractivity contribution in [3.63, 3.8) is 0 Å². The Labute approximate surface area is 126 Å². The van der Waals surface area contributed by atoms with Crippen molar-refractivity contribution in [3.8, 4) is 5.75 Å². The summed E-state index contributed by atoms with van der Waals surface area (Å²) in [6, 6.07) is 4.56. The molecule has 6 heteroatoms. The summed E-state index contributed by atoms with van der Waals surface area (Å²) < 4.78 is 32.3. The molecule has 1 aromatic carbocycles. The minimum absolute atomic E-state index is 0.131. The lowest BCUT2D eigenvalue weighted by Crippen LogP contribution is -2.42. The van der Waals surface area contributed by atoms with E-state index in [9.17, 15) is 13.5 Å². The van der Waals surface area contributed by atoms with Crippen LogP contribution >= 0.6 is 0 Å². The van der Waals surface area contributed by atoms with Gasteiger partial charge in [-0.05, 0) is 43.5 Å². The van der Waals surface area contributed by atoms with Crippen LogP contribution in [0.3, 0.4) is 0 Å². The first-order valence-electron chi connectivity index (χ1n) is 7.28. The highest BCUT2D eigenvalue weighted by atomic mass is 32.2. The summed E-state index contributed by atoms with van der Waals surface area (Å²) in [7, 11) is -2.01. The topological polar surface area (TPSA) is 66.8 Å². The molecule has 5 nitrogen and oxygen atoms in total. The monoisotopic (exact) mass is 313 g/mol. The molecule has 1 heterocycles. The molecule has 0 bridgehead atoms. The fourth-order valence-electron chi connectivity index (χ4n) is 2.80. The Morgan fingerprint density at radius 1 is 1.33 bits per heavy atom. The molecule has 1 atom stereocenters. The minimum Gasteiger partial charge on any atom is -0.496 e. The number of sulfonamides is 1. The lowest BCUT2D eigenvalue weighted by atomic mass is 10.1. The average molecular weight is 313 g/mol. The highest BCUT2D eigenvalue weighted by molar-refractivity contribution is 7.89. The van der Waals surface area contributed by atoms with Crippen molar-refractivity contribution in [3.05, 3.63) is 23.8 Å². The number of aryl methyl sites for hydroxylation is 1. The normalized spacial score (nSPS) is 21.0. The van der Waals surface area contributed by atoms with Gasteiger partial charge in [0, 0.05) is 12.6 Å². The molecule has 0 saturated carbocycles. The lowest BCUT2D eigenvalue weighted by molar-refractivity contribution is 0.186. The fourth-order valence-corrected chi connectivity index (χ4v) is 4.57. The van der Waals surface area contributed by atoms with E-state index in [2.05, 4.69) is 0 Å². The first kappa shape index (κ1) is 16.3. The number of methoxy groups -OCH3 is 1. The van der Waals surface area contributed by atoms with Crippen LogP contribution in [0.2, 0.25) is 0 Å². The molecule has 0 amide bonds. The molecule has 2 rings (SSSR count). The van der Waals surface area contributed by atoms with Crippen LogP contribution in [0.15, 0.2) is 23.1 Å². The van der Waals surface area contributed by atoms with Crippen molar-refractivity contribution in [2.45, 2.75) is 43.5 Å². The van der Waals surface area contributed by atoms with Gasteiger partial charge < -0.3 is 9.84 Å². The summed E-state index contributed by atoms with van der Waals surface area (Å²) in [6.07, 6.45) is 3.51. The maximum absolute atomic E-state index is 12.8. The molecule has 0 aromatic heterocycles. The molecule has 0 aliphatic carbocycles. The fraction of sp³-hybridized carbons (Fsp3) is 0.600. The molecule has 0 radical (unpaired) electrons. The average Bonchev–Trinajstić information content (AvgIpc) is 2.72. The van der Waals surface area contributed by atoms with Crippen LogP contribution in [0, 0.1) is 6.92 Å². The molecule has 1 N–H and O–H groups in total. The predicted molar refractivity (Wildman–Crippen MR) is 81.0 cm³/mol. The Bertz CT molecular complexity index is 585. The van der Waals surface area contributed by atoms with Gasteiger partial charge in [-0.15, -0.1) is 0 Å². The van der Waals surface area contributed by atoms with Gasteiger partial charge in [-0.1, -0.05) is 12.8 Å². The van der Waals surface area contributed by atoms with Crippen LogP contribution in [0.5, 0.6) is 5.75 Å². The number of hydrogen-bond acceptors (Lipinski definition) is 4. The number of benzene rings is 1. The molecule has 1 unspecified atom stereocenters. The lowest BCUT2D eigenvalue weighted by Gasteiger charge is -2.27. The molecular formula is C15H23NO4S. The van der Waals surface area contributed by atoms with Crippen LogP contribution in [-0.4, -0.2) is 44.1 Å². The Morgan fingerprint density at radius 3 is 2.71 bits per heavy atom. The standard InChI is InChI=1S/C15H23NO4S/c1-12-10-14(7-8-15(12)20-2)21(18,19)16-9-5-3-4-6-13(16)11-17/h7-8,10,13,17H,3-6,9,11H2,1-2H3. The van der Waals surface area contributed by atoms with Gasteiger partial charge in [0.25, 0.3) is 0 Å². The van der Waals surface area contributed by atoms with Gasteiger partial charge >= 0.3 is 0 Å². The van der Waals surface area contributed by atoms with E-state index in [1.165, 1.54) is 4.31 Å². The zero-order valence-electron chi connectivity index (χ0n) is 12.6. The second-order valence-corrected chi connectivity index (χ2v) is 7.32. The zero-order valence-corrected chi connectivity index (χ0v) is 13.4. The van der Waals surface area contributed by atoms with E-state index >= 15 is 0 Å². The van der Waals surface area contributed by atoms with E-state index in [1.54, 1.807) is 25.3 Å². The van der Waals surface area contributed by atoms with Crippen molar-refractivity contribution < 1.29 is 18.3 Å². The molecule has 1 saturated heterocycles. The summed E-state index contributed by atoms with van der Waals surface area (Å²) in [5, 5.41) is 9.51. The van der Waals surface area contributed by atoms with E-state index in [0.717, 1.165) is 24.8 Å². The predicted octanol–water partition coefficient (Wildman–Crippen LogP) is 1.93. The van der Waals surface area contributed by atoms with Gasteiger partial charge in [-0.25, -0.2) is 8.42 Å². The second-order valence-electron chi connectivity index (χ2n) is 5.43. The molecule has 21 heavy (non-hydrogen) atoms. The number of aliphatic hydroxyl groups excluding tert-OH is 1. The third kappa shape index (κ3) is 3.39. The Kier molecular flexibility index (Phi) is 5.24. The number of nitrogens with zero attached hydrogens (tertiary/aromatic N) is 1. The molecule has 1 aromatic rings. The van der Waals surface area contributed by atoms with Crippen molar-refractivity contribution in [2.24, 2.45) is 0 Å². The summed E-state index contributed by atoms with van der Waals surface area (Å²) in [5.74, 6) is 0.670. The van der Waals surface area contributed by atoms with Gasteiger partial charge in [0.15, 0.2) is 0 Å². The smallest absolute Gasteiger partial charge is 0.243 e. The quantitative estimate of drug-likeness (QED) is 0.922. The van der Waals surface area contributed by atoms with Gasteiger partial charge in [0.2, 0.25) is 10.0 Å². The van der Waals surface area contributed by atoms with Crippen molar-refractivity contribution in [1.29, 1.82) is 0 Å². The molecule has 1 aliphatic heterocycles. The van der Waals surface area contributed by atoms with Crippen LogP contribution in [0.25, 0.3) is 0 Å². The maximum Gasteiger partial charge on any atom is 0.243 e. The van der Waals surface area contributed by atoms with Crippen LogP contribution in [0.4, 0.5) is 0 Å². The van der Waals surface area contributed by atoms with E-state index in [4.69, 9.17) is 4.74 Å². The summed E-state index contributed by atoms with van der Waals surface area (Å²) in [4.78, 5) is 0.265. The van der Waals surface area contributed by atoms with Crippen LogP contribution < -0.4 is 4.74 Å². The third-order valence-corrected chi connectivity index (χ3v) is 5.95. The largest absolute Gasteiger partial charge is 0.496 e. The summed E-state index contributed by atoms with van der Waals surface area (Å²) >= 11 is 0. The minimum atomic E-state index is -3.58. The van der Waals surface area contributed by atoms with Crippen molar-refractivity contribution >= 4 is 10.0 Å². The number of aliphatic hydroxyl groups is 1. The summed E-state index contributed by atoms with van der Waals surface area (Å²) in [5.41, 5.74) is 0.786. The molecule has 0 spiro atoms. The molecule has 1 fully saturated rings. The SMILES string of the molecule is COc1ccc(S(=O)(=O)N2CCCCCC2CO)cc1C. The number of rotatable bonds is 4. The van der Waals surface area contributed by atoms with E-state index < -0.39 is 10.0 Å². The molecule has 1 aliphatic rings. The number of ether oxygens (including phenoxy) is 1. The van der Waals surface area contributed by atoms with E-state index in [0.29, 0.717) is 18.7 Å². The van der Waals surface area contributed by atoms with Crippen molar-refractivity contribution in [1.82, 2.24) is 4.31 Å². The van der Waals surface area contributed by atoms with Crippen LogP contribution in [0.1, 0.15) is 31.2 Å². The summed E-state index contributed by atoms with van der Waals surface area (Å²) in [6.45, 7) is 2.16. The van der Waals surface area contributed by atoms with Gasteiger partial charge in [-0.2, -0.15) is 4.31 Å². The Balaban J connectivity index is 2.37. The number of hydrogen-bond donors (Lipinski definition) is 1. The Morgan fingerprint density at radius 2 is 2.10 bits per heavy atom. The second kappa shape index (κ2) is 6.77. The van der Waals surface area contributed by atoms with Gasteiger partial charge in [0.1, 0.15) is 5.75 Å². The Hall–Kier alpha value is -1.11. The third-order valence-electron chi connectivity index (χ3n) is 4.01. The maximum atomic E-state index is 12.8. The van der Waals surface area contributed by atoms with E-state index in [-0.39, 0.29) is 17.5 Å². The van der Waals surface area contributed by atoms with Crippen LogP contribution in [-0.2, 0) is 10.0 Å². The molecular weight excluding hydrogens is 290 g/mol. The van der Waals surface area contributed by atoms with Gasteiger partial charge in [0.05, 0.1) is 18.6 Å². The molecule has 118 valence electrons. The first-order valence-corrected chi connectivity index (χ1v) is 8.72. The van der Waals surface area contributed by atoms with Gasteiger partial charge in [-0.3, -0.25) is 0 Å². The zero-order chi connectivity index (χ0) is 15.5. The first-order chi connectivity index (χ1) is 10.0. The van der Waals surface area contributed by atoms with E-state index in [1.807, 2.05) is 6.92 Å². The highest BCUT2D eigenvalue weighted by Gasteiger charge is 2.32. The van der Waals surface area contributed by atoms with Crippen molar-refractivity contribution in [2.75, 3.05) is 20.3 Å². The highest BCUT2D eigenvalue weighted by Crippen LogP contribution is 2.27.